The molecule has 1 aliphatic rings. The molecule has 1 aromatic rings. The van der Waals surface area contributed by atoms with E-state index in [9.17, 15) is 35.8 Å². The summed E-state index contributed by atoms with van der Waals surface area (Å²) in [5, 5.41) is 18.6. The molecule has 1 heterocycles. The quantitative estimate of drug-likeness (QED) is 0.491. The van der Waals surface area contributed by atoms with Gasteiger partial charge in [0.25, 0.3) is 6.43 Å². The topological polar surface area (TPSA) is 62.0 Å². The molecule has 0 amide bonds. The van der Waals surface area contributed by atoms with Crippen molar-refractivity contribution in [1.29, 1.82) is 0 Å². The molecule has 0 spiro atoms. The van der Waals surface area contributed by atoms with Gasteiger partial charge in [-0.2, -0.15) is 0 Å². The summed E-state index contributed by atoms with van der Waals surface area (Å²) in [5.41, 5.74) is -1.53. The Hall–Kier alpha value is -1.88. The van der Waals surface area contributed by atoms with Crippen molar-refractivity contribution >= 4 is 5.90 Å². The lowest BCUT2D eigenvalue weighted by atomic mass is 10.0. The number of aliphatic imine (C=N–C) groups is 1. The maximum absolute atomic E-state index is 13.7. The standard InChI is InChI=1S/C13H10F7NO3/c14-7-6(8(15)10(17)11(18)9(7)16)13-21-3(2-5(23)24-13)1-4(22)12(19)20/h3-5,12,22-23H,1-2H2. The van der Waals surface area contributed by atoms with Gasteiger partial charge < -0.3 is 14.9 Å². The number of rotatable bonds is 4. The van der Waals surface area contributed by atoms with Crippen molar-refractivity contribution in [3.63, 3.8) is 0 Å². The first-order valence-electron chi connectivity index (χ1n) is 6.54. The summed E-state index contributed by atoms with van der Waals surface area (Å²) in [6.45, 7) is 0. The number of alkyl halides is 2. The summed E-state index contributed by atoms with van der Waals surface area (Å²) in [7, 11) is 0. The first kappa shape index (κ1) is 18.5. The highest BCUT2D eigenvalue weighted by Gasteiger charge is 2.34. The third-order valence-corrected chi connectivity index (χ3v) is 3.25. The molecule has 0 saturated heterocycles. The smallest absolute Gasteiger partial charge is 0.264 e. The van der Waals surface area contributed by atoms with Gasteiger partial charge in [-0.3, -0.25) is 0 Å². The van der Waals surface area contributed by atoms with Crippen molar-refractivity contribution < 1.29 is 45.7 Å². The first-order valence-corrected chi connectivity index (χ1v) is 6.54. The average molecular weight is 361 g/mol. The van der Waals surface area contributed by atoms with E-state index in [2.05, 4.69) is 9.73 Å². The van der Waals surface area contributed by atoms with Crippen LogP contribution in [0.25, 0.3) is 0 Å². The largest absolute Gasteiger partial charge is 0.448 e. The number of aliphatic hydroxyl groups excluding tert-OH is 2. The molecule has 11 heteroatoms. The second-order valence-corrected chi connectivity index (χ2v) is 4.98. The van der Waals surface area contributed by atoms with E-state index in [1.165, 1.54) is 0 Å². The predicted molar refractivity (Wildman–Crippen MR) is 64.9 cm³/mol. The van der Waals surface area contributed by atoms with Gasteiger partial charge in [-0.05, 0) is 0 Å². The molecule has 3 atom stereocenters. The summed E-state index contributed by atoms with van der Waals surface area (Å²) < 4.78 is 96.0. The number of hydrogen-bond donors (Lipinski definition) is 2. The fourth-order valence-electron chi connectivity index (χ4n) is 2.11. The highest BCUT2D eigenvalue weighted by Crippen LogP contribution is 2.28. The third-order valence-electron chi connectivity index (χ3n) is 3.25. The Balaban J connectivity index is 2.45. The molecule has 1 aliphatic heterocycles. The Kier molecular flexibility index (Phi) is 5.33. The molecule has 24 heavy (non-hydrogen) atoms. The van der Waals surface area contributed by atoms with E-state index in [0.29, 0.717) is 0 Å². The zero-order valence-corrected chi connectivity index (χ0v) is 11.6. The van der Waals surface area contributed by atoms with E-state index in [0.717, 1.165) is 0 Å². The molecule has 0 aliphatic carbocycles. The van der Waals surface area contributed by atoms with Gasteiger partial charge >= 0.3 is 0 Å². The number of halogens is 7. The molecule has 1 aromatic carbocycles. The van der Waals surface area contributed by atoms with Crippen molar-refractivity contribution in [2.45, 2.75) is 37.7 Å². The number of aliphatic hydroxyl groups is 2. The predicted octanol–water partition coefficient (Wildman–Crippen LogP) is 2.25. The molecular formula is C13H10F7NO3. The van der Waals surface area contributed by atoms with Gasteiger partial charge in [-0.15, -0.1) is 0 Å². The van der Waals surface area contributed by atoms with Crippen LogP contribution in [-0.4, -0.2) is 41.0 Å². The second kappa shape index (κ2) is 6.93. The molecule has 2 N–H and O–H groups in total. The number of benzene rings is 1. The molecular weight excluding hydrogens is 351 g/mol. The maximum atomic E-state index is 13.7. The highest BCUT2D eigenvalue weighted by atomic mass is 19.3. The van der Waals surface area contributed by atoms with Crippen LogP contribution in [0, 0.1) is 29.1 Å². The van der Waals surface area contributed by atoms with Crippen LogP contribution in [0.15, 0.2) is 4.99 Å². The van der Waals surface area contributed by atoms with Crippen LogP contribution in [0.4, 0.5) is 30.7 Å². The monoisotopic (exact) mass is 361 g/mol. The molecule has 0 saturated carbocycles. The van der Waals surface area contributed by atoms with Crippen LogP contribution in [0.2, 0.25) is 0 Å². The third kappa shape index (κ3) is 3.46. The van der Waals surface area contributed by atoms with E-state index in [1.54, 1.807) is 0 Å². The zero-order chi connectivity index (χ0) is 18.2. The van der Waals surface area contributed by atoms with Crippen LogP contribution in [0.3, 0.4) is 0 Å². The van der Waals surface area contributed by atoms with E-state index in [-0.39, 0.29) is 0 Å². The second-order valence-electron chi connectivity index (χ2n) is 4.98. The number of nitrogens with zero attached hydrogens (tertiary/aromatic N) is 1. The minimum Gasteiger partial charge on any atom is -0.448 e. The van der Waals surface area contributed by atoms with Gasteiger partial charge in [0, 0.05) is 12.8 Å². The lowest BCUT2D eigenvalue weighted by Gasteiger charge is -2.27. The normalized spacial score (nSPS) is 22.3. The molecule has 0 aromatic heterocycles. The van der Waals surface area contributed by atoms with Gasteiger partial charge in [0.2, 0.25) is 18.0 Å². The SMILES string of the molecule is OC1CC(CC(O)C(F)F)N=C(c2c(F)c(F)c(F)c(F)c2F)O1. The van der Waals surface area contributed by atoms with Crippen molar-refractivity contribution in [2.24, 2.45) is 4.99 Å². The van der Waals surface area contributed by atoms with Gasteiger partial charge in [-0.1, -0.05) is 0 Å². The Morgan fingerprint density at radius 1 is 1.00 bits per heavy atom. The van der Waals surface area contributed by atoms with Crippen molar-refractivity contribution in [2.75, 3.05) is 0 Å². The summed E-state index contributed by atoms with van der Waals surface area (Å²) in [6, 6.07) is -1.28. The van der Waals surface area contributed by atoms with E-state index in [1.807, 2.05) is 0 Å². The fraction of sp³-hybridized carbons (Fsp3) is 0.462. The van der Waals surface area contributed by atoms with E-state index >= 15 is 0 Å². The summed E-state index contributed by atoms with van der Waals surface area (Å²) in [4.78, 5) is 3.46. The van der Waals surface area contributed by atoms with Crippen molar-refractivity contribution in [3.8, 4) is 0 Å². The van der Waals surface area contributed by atoms with Crippen LogP contribution < -0.4 is 0 Å². The van der Waals surface area contributed by atoms with Crippen LogP contribution >= 0.6 is 0 Å². The first-order chi connectivity index (χ1) is 11.1. The Morgan fingerprint density at radius 2 is 1.50 bits per heavy atom. The van der Waals surface area contributed by atoms with Gasteiger partial charge in [0.05, 0.1) is 6.04 Å². The summed E-state index contributed by atoms with van der Waals surface area (Å²) >= 11 is 0. The number of ether oxygens (including phenoxy) is 1. The Bertz CT molecular complexity index is 638. The van der Waals surface area contributed by atoms with Crippen molar-refractivity contribution in [3.05, 3.63) is 34.6 Å². The van der Waals surface area contributed by atoms with Crippen molar-refractivity contribution in [1.82, 2.24) is 0 Å². The van der Waals surface area contributed by atoms with E-state index < -0.39 is 78.3 Å². The maximum Gasteiger partial charge on any atom is 0.264 e. The number of hydrogen-bond acceptors (Lipinski definition) is 4. The lowest BCUT2D eigenvalue weighted by Crippen LogP contribution is -2.34. The fourth-order valence-corrected chi connectivity index (χ4v) is 2.11. The highest BCUT2D eigenvalue weighted by molar-refractivity contribution is 5.95. The molecule has 3 unspecified atom stereocenters. The van der Waals surface area contributed by atoms with Gasteiger partial charge in [0.1, 0.15) is 11.7 Å². The molecule has 4 nitrogen and oxygen atoms in total. The lowest BCUT2D eigenvalue weighted by molar-refractivity contribution is -0.0581. The summed E-state index contributed by atoms with van der Waals surface area (Å²) in [5.74, 6) is -12.5. The van der Waals surface area contributed by atoms with Gasteiger partial charge in [-0.25, -0.2) is 35.7 Å². The van der Waals surface area contributed by atoms with Crippen LogP contribution in [0.5, 0.6) is 0 Å². The van der Waals surface area contributed by atoms with Gasteiger partial charge in [0.15, 0.2) is 23.3 Å². The molecule has 0 bridgehead atoms. The minimum atomic E-state index is -3.14. The molecule has 2 rings (SSSR count). The van der Waals surface area contributed by atoms with Crippen LogP contribution in [0.1, 0.15) is 18.4 Å². The molecule has 134 valence electrons. The molecule has 0 radical (unpaired) electrons. The Labute approximate surface area is 130 Å². The average Bonchev–Trinajstić information content (AvgIpc) is 2.50. The minimum absolute atomic E-state index is 0.414. The Morgan fingerprint density at radius 3 is 2.00 bits per heavy atom. The zero-order valence-electron chi connectivity index (χ0n) is 11.6. The summed E-state index contributed by atoms with van der Waals surface area (Å²) in [6.07, 6.45) is -8.21. The van der Waals surface area contributed by atoms with Crippen LogP contribution in [-0.2, 0) is 4.74 Å². The molecule has 0 fully saturated rings. The van der Waals surface area contributed by atoms with E-state index in [4.69, 9.17) is 5.11 Å².